The van der Waals surface area contributed by atoms with Gasteiger partial charge in [-0.15, -0.1) is 0 Å². The lowest BCUT2D eigenvalue weighted by Gasteiger charge is -2.01. The summed E-state index contributed by atoms with van der Waals surface area (Å²) in [4.78, 5) is 2.53. The van der Waals surface area contributed by atoms with Crippen LogP contribution in [-0.2, 0) is 6.54 Å². The molecule has 0 aliphatic rings. The third kappa shape index (κ3) is 2.57. The molecule has 0 aliphatic carbocycles. The molecule has 2 aromatic heterocycles. The minimum Gasteiger partial charge on any atom is -0.232 e. The van der Waals surface area contributed by atoms with E-state index in [1.807, 2.05) is 30.3 Å². The summed E-state index contributed by atoms with van der Waals surface area (Å²) in [7, 11) is 0. The molecule has 3 rings (SSSR count). The Kier molecular flexibility index (Phi) is 3.62. The highest BCUT2D eigenvalue weighted by Gasteiger charge is 2.26. The first-order valence-corrected chi connectivity index (χ1v) is 6.37. The van der Waals surface area contributed by atoms with Gasteiger partial charge >= 0.3 is 0 Å². The number of nitrogens with zero attached hydrogens (tertiary/aromatic N) is 3. The molecule has 0 aliphatic heterocycles. The molecule has 1 aromatic carbocycles. The van der Waals surface area contributed by atoms with Gasteiger partial charge < -0.3 is 0 Å². The summed E-state index contributed by atoms with van der Waals surface area (Å²) in [6.45, 7) is 0.452. The van der Waals surface area contributed by atoms with Crippen LogP contribution in [-0.4, -0.2) is 9.55 Å². The van der Waals surface area contributed by atoms with Crippen molar-refractivity contribution in [2.75, 3.05) is 0 Å². The van der Waals surface area contributed by atoms with Gasteiger partial charge in [-0.1, -0.05) is 30.3 Å². The normalized spacial score (nSPS) is 10.9. The lowest BCUT2D eigenvalue weighted by atomic mass is 10.2. The first-order valence-electron chi connectivity index (χ1n) is 6.37. The summed E-state index contributed by atoms with van der Waals surface area (Å²) in [5.74, 6) is -6.45. The number of pyridine rings is 1. The maximum Gasteiger partial charge on any atom is 0.256 e. The second kappa shape index (κ2) is 5.59. The molecule has 0 spiro atoms. The molecular weight excluding hydrogens is 298 g/mol. The Labute approximate surface area is 123 Å². The molecule has 0 saturated heterocycles. The van der Waals surface area contributed by atoms with Crippen LogP contribution in [0, 0.1) is 23.5 Å². The zero-order valence-corrected chi connectivity index (χ0v) is 11.2. The number of hydrogen-bond acceptors (Lipinski definition) is 1. The minimum atomic E-state index is -1.68. The van der Waals surface area contributed by atoms with Gasteiger partial charge in [0, 0.05) is 0 Å². The summed E-state index contributed by atoms with van der Waals surface area (Å²) in [6, 6.07) is 9.36. The second-order valence-corrected chi connectivity index (χ2v) is 4.65. The number of benzene rings is 1. The van der Waals surface area contributed by atoms with Crippen molar-refractivity contribution in [1.82, 2.24) is 9.55 Å². The Bertz CT molecular complexity index is 789. The van der Waals surface area contributed by atoms with Gasteiger partial charge in [-0.2, -0.15) is 27.1 Å². The van der Waals surface area contributed by atoms with Crippen molar-refractivity contribution < 1.29 is 22.1 Å². The maximum absolute atomic E-state index is 13.7. The molecule has 112 valence electrons. The van der Waals surface area contributed by atoms with E-state index in [-0.39, 0.29) is 0 Å². The van der Waals surface area contributed by atoms with Crippen molar-refractivity contribution in [2.45, 2.75) is 6.54 Å². The van der Waals surface area contributed by atoms with E-state index in [4.69, 9.17) is 0 Å². The van der Waals surface area contributed by atoms with Crippen LogP contribution in [0.3, 0.4) is 0 Å². The molecule has 0 amide bonds. The van der Waals surface area contributed by atoms with Crippen molar-refractivity contribution in [3.05, 3.63) is 78.1 Å². The van der Waals surface area contributed by atoms with Gasteiger partial charge in [0.25, 0.3) is 11.9 Å². The predicted octanol–water partition coefficient (Wildman–Crippen LogP) is 2.76. The molecule has 0 fully saturated rings. The Morgan fingerprint density at radius 1 is 0.955 bits per heavy atom. The van der Waals surface area contributed by atoms with Crippen molar-refractivity contribution in [1.29, 1.82) is 0 Å². The third-order valence-electron chi connectivity index (χ3n) is 3.13. The van der Waals surface area contributed by atoms with Gasteiger partial charge in [0.05, 0.1) is 0 Å². The van der Waals surface area contributed by atoms with Crippen LogP contribution < -0.4 is 4.57 Å². The van der Waals surface area contributed by atoms with Crippen LogP contribution in [0.4, 0.5) is 17.6 Å². The molecule has 0 unspecified atom stereocenters. The van der Waals surface area contributed by atoms with E-state index >= 15 is 0 Å². The number of imidazole rings is 1. The molecule has 22 heavy (non-hydrogen) atoms. The summed E-state index contributed by atoms with van der Waals surface area (Å²) < 4.78 is 56.3. The Morgan fingerprint density at radius 3 is 2.23 bits per heavy atom. The summed E-state index contributed by atoms with van der Waals surface area (Å²) in [5, 5.41) is 0. The van der Waals surface area contributed by atoms with Crippen LogP contribution in [0.25, 0.3) is 5.69 Å². The number of aromatic nitrogens is 3. The van der Waals surface area contributed by atoms with Crippen LogP contribution in [0.1, 0.15) is 5.56 Å². The standard InChI is InChI=1S/C15H10F4N3/c16-11-13(12(17)15(19)20-14(11)18)22-7-6-21(9-22)8-10-4-2-1-3-5-10/h1-7,9H,8H2/q+1. The van der Waals surface area contributed by atoms with E-state index in [2.05, 4.69) is 4.98 Å². The van der Waals surface area contributed by atoms with E-state index in [0.29, 0.717) is 6.54 Å². The van der Waals surface area contributed by atoms with E-state index in [1.165, 1.54) is 12.5 Å². The molecular formula is C15H10F4N3+. The van der Waals surface area contributed by atoms with E-state index in [1.54, 1.807) is 10.8 Å². The van der Waals surface area contributed by atoms with E-state index in [0.717, 1.165) is 10.1 Å². The number of hydrogen-bond donors (Lipinski definition) is 0. The molecule has 0 bridgehead atoms. The second-order valence-electron chi connectivity index (χ2n) is 4.65. The van der Waals surface area contributed by atoms with Crippen LogP contribution in [0.2, 0.25) is 0 Å². The van der Waals surface area contributed by atoms with Gasteiger partial charge in [0.2, 0.25) is 23.6 Å². The Balaban J connectivity index is 1.98. The molecule has 0 saturated carbocycles. The van der Waals surface area contributed by atoms with Gasteiger partial charge in [-0.05, 0) is 5.56 Å². The predicted molar refractivity (Wildman–Crippen MR) is 69.1 cm³/mol. The van der Waals surface area contributed by atoms with Crippen LogP contribution in [0.15, 0.2) is 49.1 Å². The van der Waals surface area contributed by atoms with Gasteiger partial charge in [-0.25, -0.2) is 4.57 Å². The molecule has 0 radical (unpaired) electrons. The lowest BCUT2D eigenvalue weighted by molar-refractivity contribution is -0.687. The van der Waals surface area contributed by atoms with Gasteiger partial charge in [0.1, 0.15) is 18.9 Å². The highest BCUT2D eigenvalue weighted by atomic mass is 19.2. The van der Waals surface area contributed by atoms with Crippen molar-refractivity contribution in [3.8, 4) is 5.69 Å². The third-order valence-corrected chi connectivity index (χ3v) is 3.13. The first-order chi connectivity index (χ1) is 10.6. The molecule has 3 aromatic rings. The van der Waals surface area contributed by atoms with Gasteiger partial charge in [0.15, 0.2) is 0 Å². The average molecular weight is 308 g/mol. The molecule has 3 nitrogen and oxygen atoms in total. The van der Waals surface area contributed by atoms with Crippen molar-refractivity contribution in [3.63, 3.8) is 0 Å². The fourth-order valence-electron chi connectivity index (χ4n) is 2.12. The fraction of sp³-hybridized carbons (Fsp3) is 0.0667. The number of rotatable bonds is 3. The first kappa shape index (κ1) is 14.2. The van der Waals surface area contributed by atoms with Crippen molar-refractivity contribution >= 4 is 0 Å². The van der Waals surface area contributed by atoms with Crippen LogP contribution >= 0.6 is 0 Å². The summed E-state index contributed by atoms with van der Waals surface area (Å²) >= 11 is 0. The molecule has 2 heterocycles. The molecule has 0 atom stereocenters. The lowest BCUT2D eigenvalue weighted by Crippen LogP contribution is -2.31. The van der Waals surface area contributed by atoms with E-state index < -0.39 is 29.2 Å². The maximum atomic E-state index is 13.7. The highest BCUT2D eigenvalue weighted by Crippen LogP contribution is 2.20. The number of halogens is 4. The Hall–Kier alpha value is -2.70. The topological polar surface area (TPSA) is 21.7 Å². The largest absolute Gasteiger partial charge is 0.256 e. The zero-order chi connectivity index (χ0) is 15.7. The highest BCUT2D eigenvalue weighted by molar-refractivity contribution is 5.33. The molecule has 7 heteroatoms. The van der Waals surface area contributed by atoms with E-state index in [9.17, 15) is 17.6 Å². The molecule has 0 N–H and O–H groups in total. The monoisotopic (exact) mass is 308 g/mol. The quantitative estimate of drug-likeness (QED) is 0.414. The summed E-state index contributed by atoms with van der Waals surface area (Å²) in [6.07, 6.45) is 4.19. The smallest absolute Gasteiger partial charge is 0.232 e. The van der Waals surface area contributed by atoms with Gasteiger partial charge in [-0.3, -0.25) is 0 Å². The summed E-state index contributed by atoms with van der Waals surface area (Å²) in [5.41, 5.74) is 0.134. The minimum absolute atomic E-state index is 0.452. The van der Waals surface area contributed by atoms with Crippen LogP contribution in [0.5, 0.6) is 0 Å². The average Bonchev–Trinajstić information content (AvgIpc) is 2.95. The van der Waals surface area contributed by atoms with Crippen molar-refractivity contribution in [2.24, 2.45) is 0 Å². The SMILES string of the molecule is Fc1nc(F)c(F)c(-n2cc[n+](Cc3ccccc3)c2)c1F. The zero-order valence-electron chi connectivity index (χ0n) is 11.2. The fourth-order valence-corrected chi connectivity index (χ4v) is 2.12. The Morgan fingerprint density at radius 2 is 1.59 bits per heavy atom.